The molecule has 0 spiro atoms. The second-order valence-electron chi connectivity index (χ2n) is 7.96. The van der Waals surface area contributed by atoms with Gasteiger partial charge in [-0.3, -0.25) is 9.89 Å². The van der Waals surface area contributed by atoms with Crippen molar-refractivity contribution in [3.63, 3.8) is 0 Å². The van der Waals surface area contributed by atoms with Crippen molar-refractivity contribution in [2.45, 2.75) is 58.9 Å². The zero-order chi connectivity index (χ0) is 20.4. The molecule has 1 aromatic heterocycles. The molecule has 0 radical (unpaired) electrons. The van der Waals surface area contributed by atoms with Gasteiger partial charge in [-0.05, 0) is 65.0 Å². The van der Waals surface area contributed by atoms with E-state index in [9.17, 15) is 0 Å². The molecule has 1 aromatic rings. The van der Waals surface area contributed by atoms with Crippen LogP contribution in [0.4, 0.5) is 0 Å². The average Bonchev–Trinajstić information content (AvgIpc) is 3.00. The number of rotatable bonds is 10. The molecule has 0 aliphatic carbocycles. The van der Waals surface area contributed by atoms with E-state index in [1.165, 1.54) is 32.1 Å². The summed E-state index contributed by atoms with van der Waals surface area (Å²) in [5, 5.41) is 3.58. The molecule has 0 aromatic carbocycles. The molecule has 1 aliphatic rings. The maximum atomic E-state index is 5.73. The maximum absolute atomic E-state index is 5.73. The Morgan fingerprint density at radius 3 is 2.68 bits per heavy atom. The Balaban J connectivity index is 1.65. The van der Waals surface area contributed by atoms with Gasteiger partial charge in [-0.15, -0.1) is 6.58 Å². The van der Waals surface area contributed by atoms with Crippen LogP contribution in [0.3, 0.4) is 0 Å². The average molecular weight is 390 g/mol. The first-order valence-corrected chi connectivity index (χ1v) is 10.7. The second-order valence-corrected chi connectivity index (χ2v) is 7.96. The summed E-state index contributed by atoms with van der Waals surface area (Å²) in [6.07, 6.45) is 9.20. The smallest absolute Gasteiger partial charge is 0.208 e. The summed E-state index contributed by atoms with van der Waals surface area (Å²) in [7, 11) is 4.01. The number of oxazole rings is 1. The van der Waals surface area contributed by atoms with E-state index in [2.05, 4.69) is 38.7 Å². The van der Waals surface area contributed by atoms with Crippen molar-refractivity contribution >= 4 is 5.96 Å². The van der Waals surface area contributed by atoms with Crippen LogP contribution in [0.1, 0.15) is 55.9 Å². The summed E-state index contributed by atoms with van der Waals surface area (Å²) < 4.78 is 5.73. The molecule has 0 saturated carbocycles. The summed E-state index contributed by atoms with van der Waals surface area (Å²) in [6.45, 7) is 12.8. The van der Waals surface area contributed by atoms with Gasteiger partial charge in [-0.2, -0.15) is 0 Å². The van der Waals surface area contributed by atoms with Crippen molar-refractivity contribution in [1.29, 1.82) is 0 Å². The lowest BCUT2D eigenvalue weighted by Crippen LogP contribution is -2.43. The number of hydrogen-bond acceptors (Lipinski definition) is 4. The monoisotopic (exact) mass is 389 g/mol. The lowest BCUT2D eigenvalue weighted by Gasteiger charge is -2.32. The normalized spacial score (nSPS) is 16.4. The van der Waals surface area contributed by atoms with E-state index >= 15 is 0 Å². The number of nitrogens with zero attached hydrogens (tertiary/aromatic N) is 4. The van der Waals surface area contributed by atoms with Crippen LogP contribution in [0.5, 0.6) is 0 Å². The summed E-state index contributed by atoms with van der Waals surface area (Å²) in [4.78, 5) is 13.7. The fourth-order valence-corrected chi connectivity index (χ4v) is 3.69. The van der Waals surface area contributed by atoms with Crippen molar-refractivity contribution in [3.05, 3.63) is 30.0 Å². The van der Waals surface area contributed by atoms with Gasteiger partial charge < -0.3 is 14.6 Å². The molecule has 0 bridgehead atoms. The third-order valence-electron chi connectivity index (χ3n) is 5.66. The summed E-state index contributed by atoms with van der Waals surface area (Å²) in [6, 6.07) is 0. The third-order valence-corrected chi connectivity index (χ3v) is 5.66. The topological polar surface area (TPSA) is 56.9 Å². The Hall–Kier alpha value is -1.82. The van der Waals surface area contributed by atoms with Crippen LogP contribution in [0.15, 0.2) is 22.1 Å². The van der Waals surface area contributed by atoms with Gasteiger partial charge in [-0.1, -0.05) is 12.5 Å². The lowest BCUT2D eigenvalue weighted by atomic mass is 9.97. The Morgan fingerprint density at radius 1 is 1.32 bits per heavy atom. The molecule has 2 heterocycles. The summed E-state index contributed by atoms with van der Waals surface area (Å²) >= 11 is 0. The molecule has 1 saturated heterocycles. The Kier molecular flexibility index (Phi) is 9.55. The SMILES string of the molecule is C=CCCCCCN(C)C(=NC)NCC1CCN(Cc2nc(C)c(C)o2)CC1. The number of nitrogens with one attached hydrogen (secondary N) is 1. The van der Waals surface area contributed by atoms with E-state index in [0.29, 0.717) is 5.92 Å². The highest BCUT2D eigenvalue weighted by molar-refractivity contribution is 5.79. The number of unbranched alkanes of at least 4 members (excludes halogenated alkanes) is 3. The molecule has 6 heteroatoms. The van der Waals surface area contributed by atoms with Crippen LogP contribution in [0, 0.1) is 19.8 Å². The summed E-state index contributed by atoms with van der Waals surface area (Å²) in [5.41, 5.74) is 1.00. The first kappa shape index (κ1) is 22.5. The van der Waals surface area contributed by atoms with Crippen molar-refractivity contribution < 1.29 is 4.42 Å². The van der Waals surface area contributed by atoms with Crippen molar-refractivity contribution in [3.8, 4) is 0 Å². The molecular weight excluding hydrogens is 350 g/mol. The van der Waals surface area contributed by atoms with Crippen molar-refractivity contribution in [2.75, 3.05) is 40.3 Å². The molecule has 1 N–H and O–H groups in total. The number of likely N-dealkylation sites (tertiary alicyclic amines) is 1. The van der Waals surface area contributed by atoms with E-state index in [4.69, 9.17) is 4.42 Å². The van der Waals surface area contributed by atoms with Gasteiger partial charge in [0, 0.05) is 27.2 Å². The van der Waals surface area contributed by atoms with E-state index in [1.54, 1.807) is 0 Å². The molecule has 0 amide bonds. The van der Waals surface area contributed by atoms with Crippen LogP contribution in [0.25, 0.3) is 0 Å². The highest BCUT2D eigenvalue weighted by Crippen LogP contribution is 2.19. The van der Waals surface area contributed by atoms with Gasteiger partial charge in [-0.25, -0.2) is 4.98 Å². The molecule has 1 aliphatic heterocycles. The predicted molar refractivity (Wildman–Crippen MR) is 117 cm³/mol. The van der Waals surface area contributed by atoms with Gasteiger partial charge in [0.25, 0.3) is 0 Å². The minimum absolute atomic E-state index is 0.696. The first-order valence-electron chi connectivity index (χ1n) is 10.7. The molecule has 0 atom stereocenters. The second kappa shape index (κ2) is 11.9. The van der Waals surface area contributed by atoms with Crippen LogP contribution in [0.2, 0.25) is 0 Å². The highest BCUT2D eigenvalue weighted by Gasteiger charge is 2.21. The van der Waals surface area contributed by atoms with Crippen molar-refractivity contribution in [1.82, 2.24) is 20.1 Å². The molecule has 2 rings (SSSR count). The Bertz CT molecular complexity index is 597. The van der Waals surface area contributed by atoms with Crippen LogP contribution < -0.4 is 5.32 Å². The molecule has 1 fully saturated rings. The molecular formula is C22H39N5O. The fraction of sp³-hybridized carbons (Fsp3) is 0.727. The number of aliphatic imine (C=N–C) groups is 1. The lowest BCUT2D eigenvalue weighted by molar-refractivity contribution is 0.163. The Labute approximate surface area is 171 Å². The fourth-order valence-electron chi connectivity index (χ4n) is 3.69. The molecule has 158 valence electrons. The largest absolute Gasteiger partial charge is 0.444 e. The highest BCUT2D eigenvalue weighted by atomic mass is 16.4. The van der Waals surface area contributed by atoms with Gasteiger partial charge in [0.05, 0.1) is 12.2 Å². The predicted octanol–water partition coefficient (Wildman–Crippen LogP) is 3.76. The summed E-state index contributed by atoms with van der Waals surface area (Å²) in [5.74, 6) is 3.49. The van der Waals surface area contributed by atoms with Gasteiger partial charge in [0.2, 0.25) is 5.89 Å². The minimum Gasteiger partial charge on any atom is -0.444 e. The van der Waals surface area contributed by atoms with E-state index in [0.717, 1.165) is 62.4 Å². The van der Waals surface area contributed by atoms with Gasteiger partial charge >= 0.3 is 0 Å². The Morgan fingerprint density at radius 2 is 2.07 bits per heavy atom. The number of piperidine rings is 1. The number of allylic oxidation sites excluding steroid dienone is 1. The van der Waals surface area contributed by atoms with E-state index in [1.807, 2.05) is 27.0 Å². The minimum atomic E-state index is 0.696. The zero-order valence-corrected chi connectivity index (χ0v) is 18.3. The molecule has 0 unspecified atom stereocenters. The first-order chi connectivity index (χ1) is 13.5. The van der Waals surface area contributed by atoms with Crippen LogP contribution in [-0.4, -0.2) is 61.0 Å². The van der Waals surface area contributed by atoms with Crippen LogP contribution >= 0.6 is 0 Å². The van der Waals surface area contributed by atoms with Crippen LogP contribution in [-0.2, 0) is 6.54 Å². The molecule has 28 heavy (non-hydrogen) atoms. The maximum Gasteiger partial charge on any atom is 0.208 e. The number of aromatic nitrogens is 1. The third kappa shape index (κ3) is 7.30. The quantitative estimate of drug-likeness (QED) is 0.286. The van der Waals surface area contributed by atoms with Gasteiger partial charge in [0.1, 0.15) is 5.76 Å². The standard InChI is InChI=1S/C22H39N5O/c1-6-7-8-9-10-13-26(5)22(23-4)24-16-20-11-14-27(15-12-20)17-21-25-18(2)19(3)28-21/h6,20H,1,7-17H2,2-5H3,(H,23,24). The zero-order valence-electron chi connectivity index (χ0n) is 18.3. The number of hydrogen-bond donors (Lipinski definition) is 1. The number of guanidine groups is 1. The molecule has 6 nitrogen and oxygen atoms in total. The van der Waals surface area contributed by atoms with E-state index in [-0.39, 0.29) is 0 Å². The van der Waals surface area contributed by atoms with E-state index < -0.39 is 0 Å². The van der Waals surface area contributed by atoms with Gasteiger partial charge in [0.15, 0.2) is 5.96 Å². The number of aryl methyl sites for hydroxylation is 2. The van der Waals surface area contributed by atoms with Crippen molar-refractivity contribution in [2.24, 2.45) is 10.9 Å².